The van der Waals surface area contributed by atoms with Gasteiger partial charge < -0.3 is 0 Å². The second kappa shape index (κ2) is 6.11. The summed E-state index contributed by atoms with van der Waals surface area (Å²) in [6.07, 6.45) is 23.8. The molecule has 0 bridgehead atoms. The monoisotopic (exact) mass is 308 g/mol. The highest BCUT2D eigenvalue weighted by Gasteiger charge is 2.43. The van der Waals surface area contributed by atoms with Crippen molar-refractivity contribution in [2.75, 3.05) is 0 Å². The summed E-state index contributed by atoms with van der Waals surface area (Å²) >= 11 is 0. The first-order chi connectivity index (χ1) is 11.3. The van der Waals surface area contributed by atoms with Crippen molar-refractivity contribution in [3.8, 4) is 0 Å². The van der Waals surface area contributed by atoms with Gasteiger partial charge in [-0.05, 0) is 62.9 Å². The molecule has 23 heavy (non-hydrogen) atoms. The van der Waals surface area contributed by atoms with E-state index in [0.717, 1.165) is 11.8 Å². The van der Waals surface area contributed by atoms with E-state index in [1.54, 1.807) is 16.7 Å². The first-order valence-corrected chi connectivity index (χ1v) is 10.1. The van der Waals surface area contributed by atoms with Gasteiger partial charge in [-0.1, -0.05) is 67.7 Å². The van der Waals surface area contributed by atoms with E-state index in [9.17, 15) is 0 Å². The minimum absolute atomic E-state index is 0.318. The molecule has 4 aliphatic rings. The van der Waals surface area contributed by atoms with E-state index in [2.05, 4.69) is 38.2 Å². The van der Waals surface area contributed by atoms with E-state index in [0.29, 0.717) is 5.41 Å². The van der Waals surface area contributed by atoms with Gasteiger partial charge in [0.2, 0.25) is 0 Å². The van der Waals surface area contributed by atoms with Crippen molar-refractivity contribution < 1.29 is 0 Å². The zero-order valence-electron chi connectivity index (χ0n) is 15.0. The summed E-state index contributed by atoms with van der Waals surface area (Å²) in [5.41, 5.74) is 7.38. The Labute approximate surface area is 142 Å². The minimum Gasteiger partial charge on any atom is -0.0770 e. The Hall–Kier alpha value is -1.04. The van der Waals surface area contributed by atoms with Gasteiger partial charge >= 0.3 is 0 Å². The molecule has 0 spiro atoms. The molecule has 0 aliphatic heterocycles. The first kappa shape index (κ1) is 15.5. The molecule has 0 aromatic carbocycles. The smallest absolute Gasteiger partial charge is 0.0165 e. The molecule has 124 valence electrons. The molecular formula is C23H32. The molecule has 2 unspecified atom stereocenters. The Kier molecular flexibility index (Phi) is 4.12. The van der Waals surface area contributed by atoms with Crippen LogP contribution in [0, 0.1) is 17.3 Å². The van der Waals surface area contributed by atoms with Gasteiger partial charge in [0.1, 0.15) is 0 Å². The van der Waals surface area contributed by atoms with Crippen LogP contribution in [-0.2, 0) is 0 Å². The molecule has 0 saturated heterocycles. The van der Waals surface area contributed by atoms with Crippen LogP contribution in [0.3, 0.4) is 0 Å². The molecule has 0 aromatic heterocycles. The standard InChI is InChI=1S/C23H32/c1-3-23(4-2,21-15-13-17-9-5-7-11-19(17)21)22-16-14-18-10-6-8-12-20(18)22/h13-17,20H,3-12H2,1-2H3. The maximum atomic E-state index is 2.54. The fourth-order valence-electron chi connectivity index (χ4n) is 5.96. The third kappa shape index (κ3) is 2.32. The van der Waals surface area contributed by atoms with E-state index in [4.69, 9.17) is 0 Å². The number of allylic oxidation sites excluding steroid dienone is 8. The Morgan fingerprint density at radius 2 is 1.74 bits per heavy atom. The van der Waals surface area contributed by atoms with Crippen molar-refractivity contribution in [1.82, 2.24) is 0 Å². The van der Waals surface area contributed by atoms with Crippen LogP contribution < -0.4 is 0 Å². The van der Waals surface area contributed by atoms with Gasteiger partial charge in [0, 0.05) is 11.3 Å². The van der Waals surface area contributed by atoms with E-state index >= 15 is 0 Å². The zero-order chi connectivity index (χ0) is 15.9. The lowest BCUT2D eigenvalue weighted by Gasteiger charge is -2.41. The Bertz CT molecular complexity index is 592. The van der Waals surface area contributed by atoms with Crippen molar-refractivity contribution in [2.24, 2.45) is 17.3 Å². The van der Waals surface area contributed by atoms with Gasteiger partial charge in [0.15, 0.2) is 0 Å². The molecule has 0 heterocycles. The average Bonchev–Trinajstić information content (AvgIpc) is 3.23. The largest absolute Gasteiger partial charge is 0.0770 e. The van der Waals surface area contributed by atoms with Gasteiger partial charge in [0.25, 0.3) is 0 Å². The third-order valence-electron chi connectivity index (χ3n) is 7.28. The minimum atomic E-state index is 0.318. The van der Waals surface area contributed by atoms with Crippen LogP contribution in [0.2, 0.25) is 0 Å². The quantitative estimate of drug-likeness (QED) is 0.529. The maximum Gasteiger partial charge on any atom is 0.0165 e. The predicted octanol–water partition coefficient (Wildman–Crippen LogP) is 6.91. The van der Waals surface area contributed by atoms with Crippen LogP contribution in [0.4, 0.5) is 0 Å². The van der Waals surface area contributed by atoms with Gasteiger partial charge in [-0.3, -0.25) is 0 Å². The molecule has 4 aliphatic carbocycles. The predicted molar refractivity (Wildman–Crippen MR) is 99.3 cm³/mol. The lowest BCUT2D eigenvalue weighted by Crippen LogP contribution is -2.29. The lowest BCUT2D eigenvalue weighted by atomic mass is 9.63. The summed E-state index contributed by atoms with van der Waals surface area (Å²) in [6.45, 7) is 4.87. The summed E-state index contributed by atoms with van der Waals surface area (Å²) < 4.78 is 0. The summed E-state index contributed by atoms with van der Waals surface area (Å²) in [6, 6.07) is 0. The van der Waals surface area contributed by atoms with Crippen molar-refractivity contribution in [3.05, 3.63) is 46.6 Å². The fraction of sp³-hybridized carbons (Fsp3) is 0.652. The average molecular weight is 309 g/mol. The summed E-state index contributed by atoms with van der Waals surface area (Å²) in [5, 5.41) is 0. The molecule has 2 fully saturated rings. The molecule has 0 aromatic rings. The summed E-state index contributed by atoms with van der Waals surface area (Å²) in [5.74, 6) is 1.55. The number of hydrogen-bond donors (Lipinski definition) is 0. The highest BCUT2D eigenvalue weighted by molar-refractivity contribution is 5.51. The van der Waals surface area contributed by atoms with Gasteiger partial charge in [-0.2, -0.15) is 0 Å². The third-order valence-corrected chi connectivity index (χ3v) is 7.28. The summed E-state index contributed by atoms with van der Waals surface area (Å²) in [4.78, 5) is 0. The molecule has 0 heteroatoms. The normalized spacial score (nSPS) is 30.2. The number of fused-ring (bicyclic) bond motifs is 2. The topological polar surface area (TPSA) is 0 Å². The van der Waals surface area contributed by atoms with E-state index in [-0.39, 0.29) is 0 Å². The van der Waals surface area contributed by atoms with Crippen LogP contribution in [0.1, 0.15) is 78.1 Å². The highest BCUT2D eigenvalue weighted by atomic mass is 14.5. The Balaban J connectivity index is 1.74. The van der Waals surface area contributed by atoms with E-state index < -0.39 is 0 Å². The fourth-order valence-corrected chi connectivity index (χ4v) is 5.96. The zero-order valence-corrected chi connectivity index (χ0v) is 15.0. The first-order valence-electron chi connectivity index (χ1n) is 10.1. The van der Waals surface area contributed by atoms with Crippen LogP contribution in [-0.4, -0.2) is 0 Å². The molecule has 0 N–H and O–H groups in total. The lowest BCUT2D eigenvalue weighted by molar-refractivity contribution is 0.346. The Morgan fingerprint density at radius 3 is 2.57 bits per heavy atom. The molecular weight excluding hydrogens is 276 g/mol. The Morgan fingerprint density at radius 1 is 0.957 bits per heavy atom. The number of rotatable bonds is 4. The van der Waals surface area contributed by atoms with Crippen molar-refractivity contribution in [1.29, 1.82) is 0 Å². The van der Waals surface area contributed by atoms with Crippen molar-refractivity contribution >= 4 is 0 Å². The van der Waals surface area contributed by atoms with Gasteiger partial charge in [-0.25, -0.2) is 0 Å². The van der Waals surface area contributed by atoms with Gasteiger partial charge in [0.05, 0.1) is 0 Å². The van der Waals surface area contributed by atoms with Crippen molar-refractivity contribution in [2.45, 2.75) is 78.1 Å². The maximum absolute atomic E-state index is 2.54. The molecule has 4 rings (SSSR count). The highest BCUT2D eigenvalue weighted by Crippen LogP contribution is 2.56. The second-order valence-corrected chi connectivity index (χ2v) is 8.10. The second-order valence-electron chi connectivity index (χ2n) is 8.10. The molecule has 0 radical (unpaired) electrons. The van der Waals surface area contributed by atoms with Crippen LogP contribution in [0.15, 0.2) is 46.6 Å². The molecule has 2 saturated carbocycles. The number of hydrogen-bond acceptors (Lipinski definition) is 0. The molecule has 0 nitrogen and oxygen atoms in total. The van der Waals surface area contributed by atoms with Crippen LogP contribution in [0.25, 0.3) is 0 Å². The van der Waals surface area contributed by atoms with E-state index in [1.165, 1.54) is 64.2 Å². The van der Waals surface area contributed by atoms with Gasteiger partial charge in [-0.15, -0.1) is 0 Å². The van der Waals surface area contributed by atoms with Crippen LogP contribution >= 0.6 is 0 Å². The SMILES string of the molecule is CCC(CC)(C1=CC=C2CCCCC21)C1=C2CCCCC2C=C1. The molecule has 2 atom stereocenters. The summed E-state index contributed by atoms with van der Waals surface area (Å²) in [7, 11) is 0. The van der Waals surface area contributed by atoms with Crippen LogP contribution in [0.5, 0.6) is 0 Å². The van der Waals surface area contributed by atoms with Crippen molar-refractivity contribution in [3.63, 3.8) is 0 Å². The van der Waals surface area contributed by atoms with E-state index in [1.807, 2.05) is 5.57 Å². The molecule has 0 amide bonds.